The Labute approximate surface area is 197 Å². The van der Waals surface area contributed by atoms with E-state index in [0.29, 0.717) is 5.56 Å². The normalized spacial score (nSPS) is 13.4. The molecule has 3 rings (SSSR count). The van der Waals surface area contributed by atoms with Crippen LogP contribution in [0.5, 0.6) is 0 Å². The van der Waals surface area contributed by atoms with E-state index in [1.54, 1.807) is 18.2 Å². The molecule has 0 saturated carbocycles. The van der Waals surface area contributed by atoms with Crippen LogP contribution in [0.2, 0.25) is 0 Å². The van der Waals surface area contributed by atoms with Gasteiger partial charge in [-0.15, -0.1) is 0 Å². The van der Waals surface area contributed by atoms with Crippen molar-refractivity contribution in [2.45, 2.75) is 32.6 Å². The van der Waals surface area contributed by atoms with Gasteiger partial charge in [0.15, 0.2) is 5.71 Å². The number of rotatable bonds is 8. The molecule has 0 radical (unpaired) electrons. The third kappa shape index (κ3) is 5.52. The van der Waals surface area contributed by atoms with E-state index in [1.165, 1.54) is 6.07 Å². The van der Waals surface area contributed by atoms with Crippen LogP contribution in [0.4, 0.5) is 5.69 Å². The summed E-state index contributed by atoms with van der Waals surface area (Å²) in [5, 5.41) is 0. The largest absolute Gasteiger partial charge is 0.744 e. The molecule has 0 saturated heterocycles. The van der Waals surface area contributed by atoms with Gasteiger partial charge in [0.2, 0.25) is 0 Å². The van der Waals surface area contributed by atoms with Crippen molar-refractivity contribution >= 4 is 27.1 Å². The van der Waals surface area contributed by atoms with E-state index in [2.05, 4.69) is 37.2 Å². The Morgan fingerprint density at radius 1 is 0.848 bits per heavy atom. The Kier molecular flexibility index (Phi) is 8.06. The first-order chi connectivity index (χ1) is 15.8. The van der Waals surface area contributed by atoms with E-state index in [9.17, 15) is 13.0 Å². The van der Waals surface area contributed by atoms with Crippen LogP contribution in [0.25, 0.3) is 5.57 Å². The summed E-state index contributed by atoms with van der Waals surface area (Å²) in [6, 6.07) is 14.5. The highest BCUT2D eigenvalue weighted by molar-refractivity contribution is 7.85. The highest BCUT2D eigenvalue weighted by Gasteiger charge is 2.19. The van der Waals surface area contributed by atoms with Crippen LogP contribution in [-0.4, -0.2) is 49.4 Å². The number of benzene rings is 2. The first-order valence-corrected chi connectivity index (χ1v) is 12.9. The lowest BCUT2D eigenvalue weighted by Crippen LogP contribution is -2.21. The second kappa shape index (κ2) is 10.8. The fraction of sp³-hybridized carbons (Fsp3) is 0.296. The van der Waals surface area contributed by atoms with E-state index in [4.69, 9.17) is 0 Å². The SMILES string of the molecule is CCN(CC)c1ccc(C(=C2C=CC(=[N+](CC)CC)C=C2)c2ccccc2S(=O)(=O)[O-])cc1. The minimum absolute atomic E-state index is 0.208. The third-order valence-corrected chi connectivity index (χ3v) is 6.89. The standard InChI is InChI=1S/C27H32N2O3S/c1-5-28(6-2)23-17-13-21(14-18-23)27(25-11-9-10-12-26(25)33(30,31)32)22-15-19-24(20-16-22)29(7-3)8-4/h9-20H,5-8H2,1-4H3. The van der Waals surface area contributed by atoms with E-state index < -0.39 is 10.1 Å². The fourth-order valence-electron chi connectivity index (χ4n) is 4.22. The number of hydrogen-bond donors (Lipinski definition) is 0. The van der Waals surface area contributed by atoms with Gasteiger partial charge in [0.05, 0.1) is 4.90 Å². The molecule has 1 aliphatic carbocycles. The Hall–Kier alpha value is -2.96. The van der Waals surface area contributed by atoms with Crippen LogP contribution in [0.1, 0.15) is 38.8 Å². The van der Waals surface area contributed by atoms with Crippen LogP contribution in [0.3, 0.4) is 0 Å². The summed E-state index contributed by atoms with van der Waals surface area (Å²) in [4.78, 5) is 2.04. The van der Waals surface area contributed by atoms with Gasteiger partial charge in [0.1, 0.15) is 23.2 Å². The highest BCUT2D eigenvalue weighted by Crippen LogP contribution is 2.34. The molecule has 5 nitrogen and oxygen atoms in total. The second-order valence-corrected chi connectivity index (χ2v) is 9.11. The van der Waals surface area contributed by atoms with Crippen molar-refractivity contribution in [2.75, 3.05) is 31.1 Å². The van der Waals surface area contributed by atoms with Crippen molar-refractivity contribution in [2.24, 2.45) is 0 Å². The van der Waals surface area contributed by atoms with Gasteiger partial charge in [0, 0.05) is 36.5 Å². The molecule has 33 heavy (non-hydrogen) atoms. The number of allylic oxidation sites excluding steroid dienone is 5. The van der Waals surface area contributed by atoms with Gasteiger partial charge in [-0.1, -0.05) is 30.3 Å². The minimum Gasteiger partial charge on any atom is -0.744 e. The summed E-state index contributed by atoms with van der Waals surface area (Å²) in [5.41, 5.74) is 5.06. The molecule has 0 bridgehead atoms. The fourth-order valence-corrected chi connectivity index (χ4v) is 4.91. The lowest BCUT2D eigenvalue weighted by Gasteiger charge is -2.22. The van der Waals surface area contributed by atoms with Crippen molar-refractivity contribution in [3.05, 3.63) is 89.5 Å². The third-order valence-electron chi connectivity index (χ3n) is 5.99. The molecular formula is C27H32N2O3S. The molecule has 0 amide bonds. The Morgan fingerprint density at radius 3 is 1.94 bits per heavy atom. The molecule has 0 heterocycles. The van der Waals surface area contributed by atoms with Gasteiger partial charge >= 0.3 is 0 Å². The monoisotopic (exact) mass is 464 g/mol. The molecule has 0 spiro atoms. The van der Waals surface area contributed by atoms with Crippen LogP contribution in [0.15, 0.2) is 83.3 Å². The maximum absolute atomic E-state index is 12.1. The molecule has 0 N–H and O–H groups in total. The van der Waals surface area contributed by atoms with E-state index in [-0.39, 0.29) is 4.90 Å². The van der Waals surface area contributed by atoms with Crippen molar-refractivity contribution < 1.29 is 17.5 Å². The summed E-state index contributed by atoms with van der Waals surface area (Å²) >= 11 is 0. The Bertz CT molecular complexity index is 1190. The second-order valence-electron chi connectivity index (χ2n) is 7.76. The van der Waals surface area contributed by atoms with Crippen molar-refractivity contribution in [3.8, 4) is 0 Å². The Balaban J connectivity index is 2.23. The molecule has 6 heteroatoms. The first kappa shape index (κ1) is 24.7. The zero-order chi connectivity index (χ0) is 24.0. The van der Waals surface area contributed by atoms with Gasteiger partial charge in [-0.2, -0.15) is 0 Å². The van der Waals surface area contributed by atoms with Crippen molar-refractivity contribution in [1.29, 1.82) is 0 Å². The number of hydrogen-bond acceptors (Lipinski definition) is 4. The van der Waals surface area contributed by atoms with E-state index in [0.717, 1.165) is 54.3 Å². The zero-order valence-corrected chi connectivity index (χ0v) is 20.6. The summed E-state index contributed by atoms with van der Waals surface area (Å²) < 4.78 is 38.5. The van der Waals surface area contributed by atoms with Gasteiger partial charge in [0.25, 0.3) is 0 Å². The van der Waals surface area contributed by atoms with Gasteiger partial charge in [-0.3, -0.25) is 0 Å². The van der Waals surface area contributed by atoms with Gasteiger partial charge < -0.3 is 9.45 Å². The lowest BCUT2D eigenvalue weighted by atomic mass is 9.90. The topological polar surface area (TPSA) is 63.5 Å². The molecular weight excluding hydrogens is 432 g/mol. The summed E-state index contributed by atoms with van der Waals surface area (Å²) in [6.07, 6.45) is 8.08. The van der Waals surface area contributed by atoms with Crippen LogP contribution < -0.4 is 4.90 Å². The summed E-state index contributed by atoms with van der Waals surface area (Å²) in [7, 11) is -4.64. The van der Waals surface area contributed by atoms with E-state index in [1.807, 2.05) is 48.6 Å². The lowest BCUT2D eigenvalue weighted by molar-refractivity contribution is -0.519. The van der Waals surface area contributed by atoms with Crippen molar-refractivity contribution in [1.82, 2.24) is 0 Å². The molecule has 0 fully saturated rings. The molecule has 0 atom stereocenters. The maximum atomic E-state index is 12.1. The zero-order valence-electron chi connectivity index (χ0n) is 19.8. The summed E-state index contributed by atoms with van der Waals surface area (Å²) in [6.45, 7) is 12.0. The molecule has 174 valence electrons. The number of anilines is 1. The molecule has 0 aromatic heterocycles. The predicted octanol–water partition coefficient (Wildman–Crippen LogP) is 4.86. The van der Waals surface area contributed by atoms with Crippen LogP contribution in [-0.2, 0) is 10.1 Å². The average Bonchev–Trinajstić information content (AvgIpc) is 2.82. The average molecular weight is 465 g/mol. The predicted molar refractivity (Wildman–Crippen MR) is 135 cm³/mol. The molecule has 1 aliphatic rings. The summed E-state index contributed by atoms with van der Waals surface area (Å²) in [5.74, 6) is 0. The maximum Gasteiger partial charge on any atom is 0.199 e. The molecule has 2 aromatic carbocycles. The Morgan fingerprint density at radius 2 is 1.42 bits per heavy atom. The van der Waals surface area contributed by atoms with Gasteiger partial charge in [-0.05, 0) is 74.8 Å². The van der Waals surface area contributed by atoms with Crippen LogP contribution in [0, 0.1) is 0 Å². The van der Waals surface area contributed by atoms with E-state index >= 15 is 0 Å². The molecule has 0 aliphatic heterocycles. The quantitative estimate of drug-likeness (QED) is 0.414. The first-order valence-electron chi connectivity index (χ1n) is 11.5. The smallest absolute Gasteiger partial charge is 0.199 e. The molecule has 2 aromatic rings. The number of nitrogens with zero attached hydrogens (tertiary/aromatic N) is 2. The van der Waals surface area contributed by atoms with Gasteiger partial charge in [-0.25, -0.2) is 13.0 Å². The van der Waals surface area contributed by atoms with Crippen molar-refractivity contribution in [3.63, 3.8) is 0 Å². The minimum atomic E-state index is -4.64. The highest BCUT2D eigenvalue weighted by atomic mass is 32.2. The van der Waals surface area contributed by atoms with Crippen LogP contribution >= 0.6 is 0 Å². The molecule has 0 unspecified atom stereocenters.